The predicted molar refractivity (Wildman–Crippen MR) is 86.0 cm³/mol. The highest BCUT2D eigenvalue weighted by molar-refractivity contribution is 5.89. The fourth-order valence-electron chi connectivity index (χ4n) is 3.32. The van der Waals surface area contributed by atoms with E-state index in [0.717, 1.165) is 0 Å². The van der Waals surface area contributed by atoms with E-state index in [4.69, 9.17) is 0 Å². The summed E-state index contributed by atoms with van der Waals surface area (Å²) in [5.74, 6) is 0.386. The molecule has 0 bridgehead atoms. The third-order valence-corrected chi connectivity index (χ3v) is 4.30. The maximum atomic E-state index is 2.33. The molecule has 0 fully saturated rings. The van der Waals surface area contributed by atoms with E-state index in [1.54, 1.807) is 0 Å². The molecule has 0 heteroatoms. The molecule has 0 spiro atoms. The Kier molecular flexibility index (Phi) is 2.50. The fourth-order valence-corrected chi connectivity index (χ4v) is 3.32. The summed E-state index contributed by atoms with van der Waals surface area (Å²) in [6.07, 6.45) is 4.58. The molecule has 4 rings (SSSR count). The fraction of sp³-hybridized carbons (Fsp3) is 0.100. The summed E-state index contributed by atoms with van der Waals surface area (Å²) < 4.78 is 0. The van der Waals surface area contributed by atoms with E-state index in [-0.39, 0.29) is 0 Å². The molecule has 0 aliphatic heterocycles. The SMILES string of the molecule is Cc1ccc2ccccc2c1C1C=Cc2ccccc21. The van der Waals surface area contributed by atoms with Crippen LogP contribution in [-0.4, -0.2) is 0 Å². The van der Waals surface area contributed by atoms with Gasteiger partial charge in [0.05, 0.1) is 0 Å². The Morgan fingerprint density at radius 3 is 2.55 bits per heavy atom. The molecule has 0 heterocycles. The molecular weight excluding hydrogens is 240 g/mol. The molecule has 1 unspecified atom stereocenters. The van der Waals surface area contributed by atoms with Crippen molar-refractivity contribution in [1.82, 2.24) is 0 Å². The van der Waals surface area contributed by atoms with Crippen LogP contribution in [0.15, 0.2) is 66.7 Å². The Morgan fingerprint density at radius 1 is 0.800 bits per heavy atom. The number of aryl methyl sites for hydroxylation is 1. The van der Waals surface area contributed by atoms with E-state index < -0.39 is 0 Å². The summed E-state index contributed by atoms with van der Waals surface area (Å²) in [5, 5.41) is 2.70. The molecule has 1 atom stereocenters. The molecule has 1 aliphatic carbocycles. The number of fused-ring (bicyclic) bond motifs is 2. The van der Waals surface area contributed by atoms with Crippen molar-refractivity contribution < 1.29 is 0 Å². The number of hydrogen-bond donors (Lipinski definition) is 0. The van der Waals surface area contributed by atoms with Gasteiger partial charge in [0, 0.05) is 5.92 Å². The summed E-state index contributed by atoms with van der Waals surface area (Å²) >= 11 is 0. The van der Waals surface area contributed by atoms with Gasteiger partial charge in [0.25, 0.3) is 0 Å². The quantitative estimate of drug-likeness (QED) is 0.553. The van der Waals surface area contributed by atoms with Gasteiger partial charge < -0.3 is 0 Å². The molecule has 20 heavy (non-hydrogen) atoms. The van der Waals surface area contributed by atoms with Gasteiger partial charge in [-0.2, -0.15) is 0 Å². The van der Waals surface area contributed by atoms with Gasteiger partial charge in [-0.25, -0.2) is 0 Å². The molecule has 0 aromatic heterocycles. The molecule has 0 saturated carbocycles. The second kappa shape index (κ2) is 4.35. The smallest absolute Gasteiger partial charge is 0.0287 e. The van der Waals surface area contributed by atoms with Crippen LogP contribution in [0, 0.1) is 6.92 Å². The molecule has 0 saturated heterocycles. The van der Waals surface area contributed by atoms with Gasteiger partial charge in [-0.15, -0.1) is 0 Å². The first-order chi connectivity index (χ1) is 9.84. The van der Waals surface area contributed by atoms with Crippen molar-refractivity contribution in [2.24, 2.45) is 0 Å². The topological polar surface area (TPSA) is 0 Å². The van der Waals surface area contributed by atoms with Crippen molar-refractivity contribution in [3.05, 3.63) is 89.0 Å². The highest BCUT2D eigenvalue weighted by atomic mass is 14.2. The van der Waals surface area contributed by atoms with Crippen LogP contribution in [0.4, 0.5) is 0 Å². The molecule has 0 amide bonds. The van der Waals surface area contributed by atoms with Crippen molar-refractivity contribution in [1.29, 1.82) is 0 Å². The largest absolute Gasteiger partial charge is 0.0720 e. The zero-order chi connectivity index (χ0) is 13.5. The van der Waals surface area contributed by atoms with Crippen LogP contribution < -0.4 is 0 Å². The first-order valence-electron chi connectivity index (χ1n) is 7.10. The lowest BCUT2D eigenvalue weighted by atomic mass is 9.86. The monoisotopic (exact) mass is 256 g/mol. The lowest BCUT2D eigenvalue weighted by Gasteiger charge is -2.17. The molecule has 0 N–H and O–H groups in total. The molecule has 96 valence electrons. The van der Waals surface area contributed by atoms with E-state index in [0.29, 0.717) is 5.92 Å². The Bertz CT molecular complexity index is 824. The van der Waals surface area contributed by atoms with Crippen molar-refractivity contribution in [3.63, 3.8) is 0 Å². The van der Waals surface area contributed by atoms with E-state index in [2.05, 4.69) is 79.7 Å². The molecule has 3 aromatic rings. The zero-order valence-corrected chi connectivity index (χ0v) is 11.5. The maximum Gasteiger partial charge on any atom is 0.0287 e. The Morgan fingerprint density at radius 2 is 1.60 bits per heavy atom. The highest BCUT2D eigenvalue weighted by Crippen LogP contribution is 2.39. The predicted octanol–water partition coefficient (Wildman–Crippen LogP) is 5.31. The van der Waals surface area contributed by atoms with Gasteiger partial charge >= 0.3 is 0 Å². The van der Waals surface area contributed by atoms with Crippen LogP contribution in [-0.2, 0) is 0 Å². The maximum absolute atomic E-state index is 2.33. The number of rotatable bonds is 1. The average Bonchev–Trinajstić information content (AvgIpc) is 2.91. The Balaban J connectivity index is 2.01. The minimum atomic E-state index is 0.386. The molecule has 0 radical (unpaired) electrons. The number of allylic oxidation sites excluding steroid dienone is 1. The Labute approximate surface area is 119 Å². The summed E-state index contributed by atoms with van der Waals surface area (Å²) in [6, 6.07) is 21.9. The van der Waals surface area contributed by atoms with Gasteiger partial charge in [0.2, 0.25) is 0 Å². The van der Waals surface area contributed by atoms with Crippen molar-refractivity contribution in [3.8, 4) is 0 Å². The van der Waals surface area contributed by atoms with Crippen LogP contribution in [0.2, 0.25) is 0 Å². The van der Waals surface area contributed by atoms with Crippen LogP contribution >= 0.6 is 0 Å². The van der Waals surface area contributed by atoms with Crippen LogP contribution in [0.5, 0.6) is 0 Å². The number of benzene rings is 3. The highest BCUT2D eigenvalue weighted by Gasteiger charge is 2.21. The zero-order valence-electron chi connectivity index (χ0n) is 11.5. The van der Waals surface area contributed by atoms with E-state index in [9.17, 15) is 0 Å². The normalized spacial score (nSPS) is 16.6. The summed E-state index contributed by atoms with van der Waals surface area (Å²) in [4.78, 5) is 0. The molecule has 1 aliphatic rings. The third kappa shape index (κ3) is 1.61. The minimum absolute atomic E-state index is 0.386. The van der Waals surface area contributed by atoms with E-state index in [1.165, 1.54) is 33.0 Å². The minimum Gasteiger partial charge on any atom is -0.0720 e. The van der Waals surface area contributed by atoms with Gasteiger partial charge in [-0.3, -0.25) is 0 Å². The second-order valence-electron chi connectivity index (χ2n) is 5.48. The van der Waals surface area contributed by atoms with Gasteiger partial charge in [0.15, 0.2) is 0 Å². The summed E-state index contributed by atoms with van der Waals surface area (Å²) in [5.41, 5.74) is 5.59. The molecular formula is C20H16. The van der Waals surface area contributed by atoms with Gasteiger partial charge in [-0.1, -0.05) is 72.8 Å². The van der Waals surface area contributed by atoms with Crippen molar-refractivity contribution >= 4 is 16.8 Å². The van der Waals surface area contributed by atoms with Crippen molar-refractivity contribution in [2.45, 2.75) is 12.8 Å². The Hall–Kier alpha value is -2.34. The summed E-state index contributed by atoms with van der Waals surface area (Å²) in [7, 11) is 0. The number of hydrogen-bond acceptors (Lipinski definition) is 0. The van der Waals surface area contributed by atoms with Crippen LogP contribution in [0.1, 0.15) is 28.2 Å². The molecule has 3 aromatic carbocycles. The van der Waals surface area contributed by atoms with E-state index >= 15 is 0 Å². The van der Waals surface area contributed by atoms with Gasteiger partial charge in [0.1, 0.15) is 0 Å². The standard InChI is InChI=1S/C20H16/c1-14-10-11-16-7-3-5-9-18(16)20(14)19-13-12-15-6-2-4-8-17(15)19/h2-13,19H,1H3. The van der Waals surface area contributed by atoms with Crippen LogP contribution in [0.25, 0.3) is 16.8 Å². The lowest BCUT2D eigenvalue weighted by Crippen LogP contribution is -1.99. The first-order valence-corrected chi connectivity index (χ1v) is 7.10. The third-order valence-electron chi connectivity index (χ3n) is 4.30. The van der Waals surface area contributed by atoms with Crippen LogP contribution in [0.3, 0.4) is 0 Å². The summed E-state index contributed by atoms with van der Waals surface area (Å²) in [6.45, 7) is 2.22. The lowest BCUT2D eigenvalue weighted by molar-refractivity contribution is 1.04. The first kappa shape index (κ1) is 11.5. The average molecular weight is 256 g/mol. The van der Waals surface area contributed by atoms with E-state index in [1.807, 2.05) is 0 Å². The van der Waals surface area contributed by atoms with Crippen molar-refractivity contribution in [2.75, 3.05) is 0 Å². The van der Waals surface area contributed by atoms with Gasteiger partial charge in [-0.05, 0) is 39.9 Å². The second-order valence-corrected chi connectivity index (χ2v) is 5.48. The molecule has 0 nitrogen and oxygen atoms in total.